The van der Waals surface area contributed by atoms with Crippen LogP contribution in [0.25, 0.3) is 0 Å². The van der Waals surface area contributed by atoms with Gasteiger partial charge in [0.2, 0.25) is 0 Å². The second-order valence-electron chi connectivity index (χ2n) is 7.27. The van der Waals surface area contributed by atoms with Crippen LogP contribution in [-0.4, -0.2) is 24.3 Å². The number of ether oxygens (including phenoxy) is 1. The van der Waals surface area contributed by atoms with E-state index in [1.807, 2.05) is 0 Å². The smallest absolute Gasteiger partial charge is 0.0687 e. The molecule has 3 fully saturated rings. The lowest BCUT2D eigenvalue weighted by Crippen LogP contribution is -2.33. The first-order valence-corrected chi connectivity index (χ1v) is 8.64. The predicted molar refractivity (Wildman–Crippen MR) is 79.3 cm³/mol. The SMILES string of the molecule is CCNC1CCC(CC2CCC3(CCCC3)O2)C1C. The summed E-state index contributed by atoms with van der Waals surface area (Å²) in [6.07, 6.45) is 12.8. The topological polar surface area (TPSA) is 21.3 Å². The standard InChI is InChI=1S/C17H31NO/c1-3-18-16-7-6-14(13(16)2)12-15-8-11-17(19-15)9-4-5-10-17/h13-16,18H,3-12H2,1-2H3. The van der Waals surface area contributed by atoms with Crippen molar-refractivity contribution in [2.45, 2.75) is 89.4 Å². The molecule has 1 saturated heterocycles. The van der Waals surface area contributed by atoms with Gasteiger partial charge >= 0.3 is 0 Å². The van der Waals surface area contributed by atoms with E-state index in [1.54, 1.807) is 0 Å². The fraction of sp³-hybridized carbons (Fsp3) is 1.00. The lowest BCUT2D eigenvalue weighted by molar-refractivity contribution is -0.0458. The molecule has 0 radical (unpaired) electrons. The van der Waals surface area contributed by atoms with Crippen LogP contribution in [0.3, 0.4) is 0 Å². The Hall–Kier alpha value is -0.0800. The van der Waals surface area contributed by atoms with Crippen LogP contribution in [0.5, 0.6) is 0 Å². The van der Waals surface area contributed by atoms with Gasteiger partial charge in [-0.05, 0) is 63.3 Å². The summed E-state index contributed by atoms with van der Waals surface area (Å²) < 4.78 is 6.49. The van der Waals surface area contributed by atoms with Crippen LogP contribution in [0.4, 0.5) is 0 Å². The van der Waals surface area contributed by atoms with E-state index in [1.165, 1.54) is 57.8 Å². The molecule has 1 heterocycles. The Bertz CT molecular complexity index is 298. The Morgan fingerprint density at radius 1 is 1.11 bits per heavy atom. The zero-order valence-corrected chi connectivity index (χ0v) is 12.8. The van der Waals surface area contributed by atoms with E-state index in [2.05, 4.69) is 19.2 Å². The first-order chi connectivity index (χ1) is 9.22. The van der Waals surface area contributed by atoms with Crippen LogP contribution >= 0.6 is 0 Å². The Balaban J connectivity index is 1.50. The van der Waals surface area contributed by atoms with E-state index in [4.69, 9.17) is 4.74 Å². The van der Waals surface area contributed by atoms with E-state index in [-0.39, 0.29) is 0 Å². The molecular weight excluding hydrogens is 234 g/mol. The summed E-state index contributed by atoms with van der Waals surface area (Å²) in [6, 6.07) is 0.761. The maximum absolute atomic E-state index is 6.49. The summed E-state index contributed by atoms with van der Waals surface area (Å²) in [5.74, 6) is 1.73. The van der Waals surface area contributed by atoms with Crippen molar-refractivity contribution in [3.63, 3.8) is 0 Å². The third-order valence-electron chi connectivity index (χ3n) is 6.11. The van der Waals surface area contributed by atoms with Gasteiger partial charge in [-0.1, -0.05) is 26.7 Å². The molecule has 0 aromatic heterocycles. The highest BCUT2D eigenvalue weighted by atomic mass is 16.5. The molecule has 110 valence electrons. The molecule has 0 bridgehead atoms. The summed E-state index contributed by atoms with van der Waals surface area (Å²) in [4.78, 5) is 0. The second-order valence-corrected chi connectivity index (χ2v) is 7.27. The molecule has 19 heavy (non-hydrogen) atoms. The summed E-state index contributed by atoms with van der Waals surface area (Å²) in [6.45, 7) is 5.79. The Morgan fingerprint density at radius 2 is 1.89 bits per heavy atom. The largest absolute Gasteiger partial charge is 0.372 e. The minimum atomic E-state index is 0.327. The zero-order chi connectivity index (χ0) is 13.3. The second kappa shape index (κ2) is 5.73. The zero-order valence-electron chi connectivity index (χ0n) is 12.8. The Labute approximate surface area is 118 Å². The lowest BCUT2D eigenvalue weighted by atomic mass is 9.89. The van der Waals surface area contributed by atoms with Crippen molar-refractivity contribution in [3.8, 4) is 0 Å². The summed E-state index contributed by atoms with van der Waals surface area (Å²) in [5, 5.41) is 3.66. The molecule has 1 aliphatic heterocycles. The van der Waals surface area contributed by atoms with Gasteiger partial charge in [-0.2, -0.15) is 0 Å². The predicted octanol–water partition coefficient (Wildman–Crippen LogP) is 3.89. The van der Waals surface area contributed by atoms with E-state index < -0.39 is 0 Å². The van der Waals surface area contributed by atoms with Crippen molar-refractivity contribution in [1.29, 1.82) is 0 Å². The third-order valence-corrected chi connectivity index (χ3v) is 6.11. The quantitative estimate of drug-likeness (QED) is 0.832. The van der Waals surface area contributed by atoms with E-state index >= 15 is 0 Å². The molecule has 2 nitrogen and oxygen atoms in total. The molecule has 0 aromatic carbocycles. The van der Waals surface area contributed by atoms with Crippen LogP contribution in [0.2, 0.25) is 0 Å². The van der Waals surface area contributed by atoms with Crippen LogP contribution in [0, 0.1) is 11.8 Å². The van der Waals surface area contributed by atoms with E-state index in [0.717, 1.165) is 24.4 Å². The fourth-order valence-electron chi connectivity index (χ4n) is 4.92. The molecule has 0 amide bonds. The first kappa shape index (κ1) is 13.9. The third kappa shape index (κ3) is 2.85. The Morgan fingerprint density at radius 3 is 2.63 bits per heavy atom. The van der Waals surface area contributed by atoms with Crippen LogP contribution in [-0.2, 0) is 4.74 Å². The minimum absolute atomic E-state index is 0.327. The maximum atomic E-state index is 6.49. The molecule has 2 heteroatoms. The number of hydrogen-bond acceptors (Lipinski definition) is 2. The van der Waals surface area contributed by atoms with E-state index in [9.17, 15) is 0 Å². The van der Waals surface area contributed by atoms with E-state index in [0.29, 0.717) is 11.7 Å². The highest BCUT2D eigenvalue weighted by molar-refractivity contribution is 4.95. The van der Waals surface area contributed by atoms with Gasteiger partial charge in [0.05, 0.1) is 11.7 Å². The highest BCUT2D eigenvalue weighted by Crippen LogP contribution is 2.46. The van der Waals surface area contributed by atoms with Gasteiger partial charge in [-0.3, -0.25) is 0 Å². The number of hydrogen-bond donors (Lipinski definition) is 1. The summed E-state index contributed by atoms with van der Waals surface area (Å²) in [7, 11) is 0. The van der Waals surface area contributed by atoms with Crippen LogP contribution < -0.4 is 5.32 Å². The summed E-state index contributed by atoms with van der Waals surface area (Å²) in [5.41, 5.74) is 0.327. The first-order valence-electron chi connectivity index (χ1n) is 8.64. The van der Waals surface area contributed by atoms with Crippen LogP contribution in [0.15, 0.2) is 0 Å². The molecule has 3 rings (SSSR count). The van der Waals surface area contributed by atoms with Gasteiger partial charge in [-0.25, -0.2) is 0 Å². The van der Waals surface area contributed by atoms with Gasteiger partial charge in [0.15, 0.2) is 0 Å². The maximum Gasteiger partial charge on any atom is 0.0687 e. The molecule has 2 saturated carbocycles. The van der Waals surface area contributed by atoms with Crippen molar-refractivity contribution >= 4 is 0 Å². The van der Waals surface area contributed by atoms with Gasteiger partial charge in [0, 0.05) is 6.04 Å². The van der Waals surface area contributed by atoms with Crippen molar-refractivity contribution < 1.29 is 4.74 Å². The van der Waals surface area contributed by atoms with Gasteiger partial charge < -0.3 is 10.1 Å². The van der Waals surface area contributed by atoms with Crippen molar-refractivity contribution in [3.05, 3.63) is 0 Å². The monoisotopic (exact) mass is 265 g/mol. The van der Waals surface area contributed by atoms with Crippen LogP contribution in [0.1, 0.15) is 71.6 Å². The normalized spacial score (nSPS) is 41.4. The lowest BCUT2D eigenvalue weighted by Gasteiger charge is -2.27. The minimum Gasteiger partial charge on any atom is -0.372 e. The van der Waals surface area contributed by atoms with Crippen molar-refractivity contribution in [2.75, 3.05) is 6.54 Å². The van der Waals surface area contributed by atoms with Crippen molar-refractivity contribution in [1.82, 2.24) is 5.32 Å². The van der Waals surface area contributed by atoms with Gasteiger partial charge in [0.1, 0.15) is 0 Å². The van der Waals surface area contributed by atoms with Gasteiger partial charge in [-0.15, -0.1) is 0 Å². The average Bonchev–Trinajstić information content (AvgIpc) is 3.10. The molecular formula is C17H31NO. The molecule has 4 unspecified atom stereocenters. The molecule has 4 atom stereocenters. The van der Waals surface area contributed by atoms with Crippen molar-refractivity contribution in [2.24, 2.45) is 11.8 Å². The number of nitrogens with one attached hydrogen (secondary N) is 1. The van der Waals surface area contributed by atoms with Gasteiger partial charge in [0.25, 0.3) is 0 Å². The molecule has 2 aliphatic carbocycles. The summed E-state index contributed by atoms with van der Waals surface area (Å²) >= 11 is 0. The number of rotatable bonds is 4. The molecule has 0 aromatic rings. The average molecular weight is 265 g/mol. The molecule has 1 spiro atoms. The Kier molecular flexibility index (Phi) is 4.19. The highest BCUT2D eigenvalue weighted by Gasteiger charge is 2.43. The molecule has 3 aliphatic rings. The molecule has 1 N–H and O–H groups in total. The fourth-order valence-corrected chi connectivity index (χ4v) is 4.92.